The molecule has 17 heavy (non-hydrogen) atoms. The third-order valence-electron chi connectivity index (χ3n) is 2.96. The first-order valence-electron chi connectivity index (χ1n) is 6.31. The monoisotopic (exact) mass is 236 g/mol. The number of methoxy groups -OCH3 is 1. The topological polar surface area (TPSA) is 24.5 Å². The molecule has 0 aliphatic heterocycles. The molecule has 0 amide bonds. The number of rotatable bonds is 7. The molecule has 0 unspecified atom stereocenters. The molecule has 1 aromatic rings. The number of aryl methyl sites for hydroxylation is 1. The van der Waals surface area contributed by atoms with Crippen LogP contribution in [0.25, 0.3) is 0 Å². The Balaban J connectivity index is 2.71. The van der Waals surface area contributed by atoms with Crippen LogP contribution in [0, 0.1) is 6.92 Å². The average Bonchev–Trinajstić information content (AvgIpc) is 2.33. The van der Waals surface area contributed by atoms with Crippen molar-refractivity contribution in [1.29, 1.82) is 0 Å². The Kier molecular flexibility index (Phi) is 5.84. The number of hydrogen-bond acceptors (Lipinski definition) is 3. The minimum Gasteiger partial charge on any atom is -0.383 e. The lowest BCUT2D eigenvalue weighted by Gasteiger charge is -2.22. The summed E-state index contributed by atoms with van der Waals surface area (Å²) in [4.78, 5) is 2.35. The van der Waals surface area contributed by atoms with Gasteiger partial charge in [-0.15, -0.1) is 0 Å². The van der Waals surface area contributed by atoms with E-state index in [0.717, 1.165) is 26.2 Å². The second-order valence-corrected chi connectivity index (χ2v) is 4.09. The largest absolute Gasteiger partial charge is 0.383 e. The maximum Gasteiger partial charge on any atom is 0.0635 e. The zero-order valence-electron chi connectivity index (χ0n) is 11.4. The molecule has 0 heterocycles. The molecule has 0 aliphatic rings. The second kappa shape index (κ2) is 7.17. The molecular weight excluding hydrogens is 212 g/mol. The summed E-state index contributed by atoms with van der Waals surface area (Å²) in [5, 5.41) is 3.37. The van der Waals surface area contributed by atoms with Crippen molar-refractivity contribution in [2.45, 2.75) is 20.8 Å². The Morgan fingerprint density at radius 1 is 1.24 bits per heavy atom. The third-order valence-corrected chi connectivity index (χ3v) is 2.96. The minimum absolute atomic E-state index is 0.733. The average molecular weight is 236 g/mol. The summed E-state index contributed by atoms with van der Waals surface area (Å²) in [6, 6.07) is 6.57. The SMILES string of the molecule is CCN(CC)c1ccc(NCCOC)c(C)c1. The molecule has 0 saturated carbocycles. The molecular formula is C14H24N2O. The lowest BCUT2D eigenvalue weighted by atomic mass is 10.1. The summed E-state index contributed by atoms with van der Waals surface area (Å²) in [5.74, 6) is 0. The summed E-state index contributed by atoms with van der Waals surface area (Å²) in [6.07, 6.45) is 0. The fourth-order valence-corrected chi connectivity index (χ4v) is 1.92. The van der Waals surface area contributed by atoms with E-state index in [4.69, 9.17) is 4.74 Å². The van der Waals surface area contributed by atoms with Gasteiger partial charge in [0.15, 0.2) is 0 Å². The number of ether oxygens (including phenoxy) is 1. The Morgan fingerprint density at radius 2 is 1.94 bits per heavy atom. The van der Waals surface area contributed by atoms with Gasteiger partial charge in [0.05, 0.1) is 6.61 Å². The first-order valence-corrected chi connectivity index (χ1v) is 6.31. The van der Waals surface area contributed by atoms with E-state index in [2.05, 4.69) is 49.2 Å². The molecule has 0 aromatic heterocycles. The fourth-order valence-electron chi connectivity index (χ4n) is 1.92. The van der Waals surface area contributed by atoms with Gasteiger partial charge in [0.2, 0.25) is 0 Å². The smallest absolute Gasteiger partial charge is 0.0635 e. The van der Waals surface area contributed by atoms with Crippen molar-refractivity contribution < 1.29 is 4.74 Å². The summed E-state index contributed by atoms with van der Waals surface area (Å²) in [6.45, 7) is 10.2. The zero-order chi connectivity index (χ0) is 12.7. The number of anilines is 2. The molecule has 0 fully saturated rings. The van der Waals surface area contributed by atoms with Crippen molar-refractivity contribution in [1.82, 2.24) is 0 Å². The highest BCUT2D eigenvalue weighted by Gasteiger charge is 2.04. The highest BCUT2D eigenvalue weighted by atomic mass is 16.5. The van der Waals surface area contributed by atoms with Crippen LogP contribution in [-0.4, -0.2) is 33.4 Å². The molecule has 3 nitrogen and oxygen atoms in total. The Labute approximate surface area is 105 Å². The molecule has 96 valence electrons. The maximum atomic E-state index is 5.03. The number of benzene rings is 1. The first kappa shape index (κ1) is 13.8. The molecule has 0 spiro atoms. The Hall–Kier alpha value is -1.22. The molecule has 0 radical (unpaired) electrons. The summed E-state index contributed by atoms with van der Waals surface area (Å²) < 4.78 is 5.03. The van der Waals surface area contributed by atoms with Crippen LogP contribution in [0.4, 0.5) is 11.4 Å². The van der Waals surface area contributed by atoms with Crippen LogP contribution in [0.15, 0.2) is 18.2 Å². The molecule has 0 bridgehead atoms. The number of nitrogens with one attached hydrogen (secondary N) is 1. The predicted molar refractivity (Wildman–Crippen MR) is 75.1 cm³/mol. The second-order valence-electron chi connectivity index (χ2n) is 4.09. The van der Waals surface area contributed by atoms with Gasteiger partial charge in [-0.3, -0.25) is 0 Å². The van der Waals surface area contributed by atoms with Gasteiger partial charge in [-0.1, -0.05) is 0 Å². The Morgan fingerprint density at radius 3 is 2.47 bits per heavy atom. The summed E-state index contributed by atoms with van der Waals surface area (Å²) >= 11 is 0. The van der Waals surface area contributed by atoms with E-state index in [-0.39, 0.29) is 0 Å². The quantitative estimate of drug-likeness (QED) is 0.737. The minimum atomic E-state index is 0.733. The van der Waals surface area contributed by atoms with Gasteiger partial charge >= 0.3 is 0 Å². The van der Waals surface area contributed by atoms with Crippen LogP contribution >= 0.6 is 0 Å². The van der Waals surface area contributed by atoms with Crippen LogP contribution in [-0.2, 0) is 4.74 Å². The Bertz CT molecular complexity index is 335. The van der Waals surface area contributed by atoms with Gasteiger partial charge in [-0.2, -0.15) is 0 Å². The predicted octanol–water partition coefficient (Wildman–Crippen LogP) is 2.90. The lowest BCUT2D eigenvalue weighted by molar-refractivity contribution is 0.211. The standard InChI is InChI=1S/C14H24N2O/c1-5-16(6-2)13-7-8-14(12(3)11-13)15-9-10-17-4/h7-8,11,15H,5-6,9-10H2,1-4H3. The van der Waals surface area contributed by atoms with Gasteiger partial charge in [-0.05, 0) is 44.5 Å². The molecule has 1 rings (SSSR count). The molecule has 0 atom stereocenters. The fraction of sp³-hybridized carbons (Fsp3) is 0.571. The van der Waals surface area contributed by atoms with Crippen LogP contribution in [0.3, 0.4) is 0 Å². The highest BCUT2D eigenvalue weighted by Crippen LogP contribution is 2.22. The van der Waals surface area contributed by atoms with Crippen LogP contribution in [0.2, 0.25) is 0 Å². The molecule has 1 N–H and O–H groups in total. The van der Waals surface area contributed by atoms with Crippen molar-refractivity contribution in [3.63, 3.8) is 0 Å². The van der Waals surface area contributed by atoms with Crippen molar-refractivity contribution in [3.05, 3.63) is 23.8 Å². The van der Waals surface area contributed by atoms with E-state index < -0.39 is 0 Å². The summed E-state index contributed by atoms with van der Waals surface area (Å²) in [5.41, 5.74) is 3.77. The van der Waals surface area contributed by atoms with Crippen molar-refractivity contribution in [2.24, 2.45) is 0 Å². The van der Waals surface area contributed by atoms with Gasteiger partial charge in [0.1, 0.15) is 0 Å². The summed E-state index contributed by atoms with van der Waals surface area (Å²) in [7, 11) is 1.72. The van der Waals surface area contributed by atoms with Gasteiger partial charge < -0.3 is 15.0 Å². The number of hydrogen-bond donors (Lipinski definition) is 1. The van der Waals surface area contributed by atoms with Crippen molar-refractivity contribution >= 4 is 11.4 Å². The van der Waals surface area contributed by atoms with Crippen LogP contribution in [0.5, 0.6) is 0 Å². The number of nitrogens with zero attached hydrogens (tertiary/aromatic N) is 1. The van der Waals surface area contributed by atoms with Crippen molar-refractivity contribution in [3.8, 4) is 0 Å². The maximum absolute atomic E-state index is 5.03. The van der Waals surface area contributed by atoms with Crippen LogP contribution < -0.4 is 10.2 Å². The van der Waals surface area contributed by atoms with Crippen LogP contribution in [0.1, 0.15) is 19.4 Å². The molecule has 3 heteroatoms. The van der Waals surface area contributed by atoms with Gasteiger partial charge in [0.25, 0.3) is 0 Å². The van der Waals surface area contributed by atoms with Crippen molar-refractivity contribution in [2.75, 3.05) is 43.6 Å². The molecule has 1 aromatic carbocycles. The zero-order valence-corrected chi connectivity index (χ0v) is 11.4. The van der Waals surface area contributed by atoms with Gasteiger partial charge in [0, 0.05) is 38.1 Å². The van der Waals surface area contributed by atoms with E-state index in [1.165, 1.54) is 16.9 Å². The lowest BCUT2D eigenvalue weighted by Crippen LogP contribution is -2.21. The molecule has 0 saturated heterocycles. The molecule has 0 aliphatic carbocycles. The first-order chi connectivity index (χ1) is 8.22. The van der Waals surface area contributed by atoms with E-state index >= 15 is 0 Å². The van der Waals surface area contributed by atoms with E-state index in [1.807, 2.05) is 0 Å². The normalized spacial score (nSPS) is 10.4. The third kappa shape index (κ3) is 3.93. The van der Waals surface area contributed by atoms with E-state index in [0.29, 0.717) is 0 Å². The highest BCUT2D eigenvalue weighted by molar-refractivity contribution is 5.60. The van der Waals surface area contributed by atoms with E-state index in [9.17, 15) is 0 Å². The van der Waals surface area contributed by atoms with Gasteiger partial charge in [-0.25, -0.2) is 0 Å². The van der Waals surface area contributed by atoms with E-state index in [1.54, 1.807) is 7.11 Å².